The van der Waals surface area contributed by atoms with Crippen molar-refractivity contribution in [1.82, 2.24) is 4.57 Å². The van der Waals surface area contributed by atoms with Crippen LogP contribution in [0, 0.1) is 5.82 Å². The molecular formula is C10H7BrFNO2. The first kappa shape index (κ1) is 10.2. The number of carboxylic acid groups (broad SMARTS) is 1. The lowest BCUT2D eigenvalue weighted by Gasteiger charge is -2.03. The standard InChI is InChI=1S/C10H7BrFNO2/c11-8-4-6-2-1-3-7(12)10(6)13(8)5-9(14)15/h1-4H,5H2,(H,14,15). The molecule has 0 radical (unpaired) electrons. The molecule has 0 saturated carbocycles. The predicted octanol–water partition coefficient (Wildman–Crippen LogP) is 2.63. The van der Waals surface area contributed by atoms with Gasteiger partial charge in [-0.25, -0.2) is 4.39 Å². The van der Waals surface area contributed by atoms with Crippen molar-refractivity contribution in [2.75, 3.05) is 0 Å². The van der Waals surface area contributed by atoms with E-state index in [9.17, 15) is 9.18 Å². The molecule has 0 aliphatic rings. The first-order valence-corrected chi connectivity index (χ1v) is 5.04. The second-order valence-corrected chi connectivity index (χ2v) is 3.94. The summed E-state index contributed by atoms with van der Waals surface area (Å²) in [6.45, 7) is -0.259. The molecule has 5 heteroatoms. The number of hydrogen-bond donors (Lipinski definition) is 1. The maximum absolute atomic E-state index is 13.5. The summed E-state index contributed by atoms with van der Waals surface area (Å²) < 4.78 is 15.4. The molecule has 78 valence electrons. The minimum atomic E-state index is -1.00. The van der Waals surface area contributed by atoms with Crippen molar-refractivity contribution in [1.29, 1.82) is 0 Å². The summed E-state index contributed by atoms with van der Waals surface area (Å²) in [6.07, 6.45) is 0. The second-order valence-electron chi connectivity index (χ2n) is 3.12. The average Bonchev–Trinajstić information content (AvgIpc) is 2.43. The van der Waals surface area contributed by atoms with E-state index >= 15 is 0 Å². The van der Waals surface area contributed by atoms with Crippen molar-refractivity contribution in [2.24, 2.45) is 0 Å². The summed E-state index contributed by atoms with van der Waals surface area (Å²) in [6, 6.07) is 6.34. The van der Waals surface area contributed by atoms with Crippen LogP contribution in [0.3, 0.4) is 0 Å². The number of halogens is 2. The van der Waals surface area contributed by atoms with Gasteiger partial charge in [0.05, 0.1) is 10.1 Å². The zero-order valence-electron chi connectivity index (χ0n) is 7.58. The highest BCUT2D eigenvalue weighted by atomic mass is 79.9. The number of fused-ring (bicyclic) bond motifs is 1. The molecule has 0 unspecified atom stereocenters. The van der Waals surface area contributed by atoms with Gasteiger partial charge in [0.15, 0.2) is 0 Å². The fourth-order valence-corrected chi connectivity index (χ4v) is 2.09. The SMILES string of the molecule is O=C(O)Cn1c(Br)cc2cccc(F)c21. The molecule has 0 bridgehead atoms. The molecule has 0 atom stereocenters. The maximum Gasteiger partial charge on any atom is 0.323 e. The molecule has 0 amide bonds. The highest BCUT2D eigenvalue weighted by Crippen LogP contribution is 2.25. The maximum atomic E-state index is 13.5. The first-order chi connectivity index (χ1) is 7.09. The summed E-state index contributed by atoms with van der Waals surface area (Å²) in [4.78, 5) is 10.6. The first-order valence-electron chi connectivity index (χ1n) is 4.24. The third-order valence-corrected chi connectivity index (χ3v) is 2.77. The lowest BCUT2D eigenvalue weighted by Crippen LogP contribution is -2.09. The van der Waals surface area contributed by atoms with Gasteiger partial charge in [0.25, 0.3) is 0 Å². The summed E-state index contributed by atoms with van der Waals surface area (Å²) >= 11 is 3.21. The van der Waals surface area contributed by atoms with Crippen LogP contribution in [0.25, 0.3) is 10.9 Å². The summed E-state index contributed by atoms with van der Waals surface area (Å²) in [5.41, 5.74) is 0.312. The number of hydrogen-bond acceptors (Lipinski definition) is 1. The van der Waals surface area contributed by atoms with E-state index < -0.39 is 11.8 Å². The van der Waals surface area contributed by atoms with E-state index in [4.69, 9.17) is 5.11 Å². The van der Waals surface area contributed by atoms with E-state index in [2.05, 4.69) is 15.9 Å². The van der Waals surface area contributed by atoms with Crippen LogP contribution >= 0.6 is 15.9 Å². The number of carbonyl (C=O) groups is 1. The van der Waals surface area contributed by atoms with Crippen LogP contribution < -0.4 is 0 Å². The van der Waals surface area contributed by atoms with E-state index in [1.165, 1.54) is 10.6 Å². The van der Waals surface area contributed by atoms with Crippen molar-refractivity contribution in [3.05, 3.63) is 34.7 Å². The van der Waals surface area contributed by atoms with Crippen LogP contribution in [0.5, 0.6) is 0 Å². The number of aromatic nitrogens is 1. The lowest BCUT2D eigenvalue weighted by atomic mass is 10.2. The fraction of sp³-hybridized carbons (Fsp3) is 0.100. The predicted molar refractivity (Wildman–Crippen MR) is 57.2 cm³/mol. The third-order valence-electron chi connectivity index (χ3n) is 2.11. The fourth-order valence-electron chi connectivity index (χ4n) is 1.54. The van der Waals surface area contributed by atoms with E-state index in [0.717, 1.165) is 0 Å². The van der Waals surface area contributed by atoms with Gasteiger partial charge in [-0.05, 0) is 28.1 Å². The number of benzene rings is 1. The van der Waals surface area contributed by atoms with Gasteiger partial charge in [-0.2, -0.15) is 0 Å². The van der Waals surface area contributed by atoms with E-state index in [-0.39, 0.29) is 6.54 Å². The van der Waals surface area contributed by atoms with Gasteiger partial charge in [-0.3, -0.25) is 4.79 Å². The molecule has 0 aliphatic carbocycles. The summed E-state index contributed by atoms with van der Waals surface area (Å²) in [5.74, 6) is -1.42. The number of rotatable bonds is 2. The Bertz CT molecular complexity index is 535. The minimum Gasteiger partial charge on any atom is -0.480 e. The van der Waals surface area contributed by atoms with Gasteiger partial charge in [0, 0.05) is 5.39 Å². The monoisotopic (exact) mass is 271 g/mol. The number of carboxylic acids is 1. The van der Waals surface area contributed by atoms with Gasteiger partial charge < -0.3 is 9.67 Å². The van der Waals surface area contributed by atoms with Crippen LogP contribution in [0.15, 0.2) is 28.9 Å². The van der Waals surface area contributed by atoms with Crippen LogP contribution in [0.4, 0.5) is 4.39 Å². The van der Waals surface area contributed by atoms with E-state index in [1.54, 1.807) is 18.2 Å². The molecule has 15 heavy (non-hydrogen) atoms. The summed E-state index contributed by atoms with van der Waals surface area (Å²) in [5, 5.41) is 9.38. The Morgan fingerprint density at radius 3 is 2.93 bits per heavy atom. The molecule has 0 fully saturated rings. The van der Waals surface area contributed by atoms with E-state index in [1.807, 2.05) is 0 Å². The highest BCUT2D eigenvalue weighted by Gasteiger charge is 2.12. The Labute approximate surface area is 93.3 Å². The quantitative estimate of drug-likeness (QED) is 0.913. The van der Waals surface area contributed by atoms with Crippen molar-refractivity contribution in [3.8, 4) is 0 Å². The van der Waals surface area contributed by atoms with Crippen LogP contribution in [0.2, 0.25) is 0 Å². The topological polar surface area (TPSA) is 42.2 Å². The Morgan fingerprint density at radius 2 is 2.27 bits per heavy atom. The third kappa shape index (κ3) is 1.74. The molecule has 2 aromatic rings. The van der Waals surface area contributed by atoms with Gasteiger partial charge in [0.1, 0.15) is 12.4 Å². The molecule has 3 nitrogen and oxygen atoms in total. The van der Waals surface area contributed by atoms with Gasteiger partial charge in [0.2, 0.25) is 0 Å². The van der Waals surface area contributed by atoms with Crippen molar-refractivity contribution in [3.63, 3.8) is 0 Å². The molecular weight excluding hydrogens is 265 g/mol. The number of para-hydroxylation sites is 1. The largest absolute Gasteiger partial charge is 0.480 e. The van der Waals surface area contributed by atoms with Crippen LogP contribution in [-0.2, 0) is 11.3 Å². The second kappa shape index (κ2) is 3.66. The van der Waals surface area contributed by atoms with E-state index in [0.29, 0.717) is 15.5 Å². The lowest BCUT2D eigenvalue weighted by molar-refractivity contribution is -0.137. The molecule has 2 rings (SSSR count). The van der Waals surface area contributed by atoms with Gasteiger partial charge in [-0.1, -0.05) is 12.1 Å². The minimum absolute atomic E-state index is 0.259. The molecule has 1 N–H and O–H groups in total. The Hall–Kier alpha value is -1.36. The van der Waals surface area contributed by atoms with Gasteiger partial charge in [-0.15, -0.1) is 0 Å². The van der Waals surface area contributed by atoms with Crippen molar-refractivity contribution >= 4 is 32.8 Å². The zero-order valence-corrected chi connectivity index (χ0v) is 9.16. The van der Waals surface area contributed by atoms with Crippen molar-refractivity contribution < 1.29 is 14.3 Å². The molecule has 1 aromatic carbocycles. The normalized spacial score (nSPS) is 10.8. The Morgan fingerprint density at radius 1 is 1.53 bits per heavy atom. The van der Waals surface area contributed by atoms with Crippen LogP contribution in [-0.4, -0.2) is 15.6 Å². The number of aliphatic carboxylic acids is 1. The summed E-state index contributed by atoms with van der Waals surface area (Å²) in [7, 11) is 0. The van der Waals surface area contributed by atoms with Gasteiger partial charge >= 0.3 is 5.97 Å². The smallest absolute Gasteiger partial charge is 0.323 e. The molecule has 0 saturated heterocycles. The molecule has 0 aliphatic heterocycles. The van der Waals surface area contributed by atoms with Crippen molar-refractivity contribution in [2.45, 2.75) is 6.54 Å². The molecule has 1 aromatic heterocycles. The average molecular weight is 272 g/mol. The Balaban J connectivity index is 2.71. The molecule has 1 heterocycles. The molecule has 0 spiro atoms. The number of nitrogens with zero attached hydrogens (tertiary/aromatic N) is 1. The Kier molecular flexibility index (Phi) is 2.48. The van der Waals surface area contributed by atoms with Crippen LogP contribution in [0.1, 0.15) is 0 Å². The zero-order chi connectivity index (χ0) is 11.0. The highest BCUT2D eigenvalue weighted by molar-refractivity contribution is 9.10.